The summed E-state index contributed by atoms with van der Waals surface area (Å²) < 4.78 is 59.8. The quantitative estimate of drug-likeness (QED) is 0.368. The average Bonchev–Trinajstić information content (AvgIpc) is 3.14. The van der Waals surface area contributed by atoms with Gasteiger partial charge in [0.25, 0.3) is 5.91 Å². The SMILES string of the molecule is Cn1ncc(Cl)c1-c1cc(N(OC(=O)C(F)(F)F)C(=O)c2ccc(Cl)c(F)c2)ccc1OCCN. The molecule has 0 radical (unpaired) electrons. The second-order valence-electron chi connectivity index (χ2n) is 6.89. The van der Waals surface area contributed by atoms with Crippen LogP contribution in [0.5, 0.6) is 5.75 Å². The molecule has 186 valence electrons. The summed E-state index contributed by atoms with van der Waals surface area (Å²) >= 11 is 11.8. The maximum atomic E-state index is 13.9. The summed E-state index contributed by atoms with van der Waals surface area (Å²) in [4.78, 5) is 29.1. The summed E-state index contributed by atoms with van der Waals surface area (Å²) in [5.74, 6) is -4.76. The highest BCUT2D eigenvalue weighted by Crippen LogP contribution is 2.38. The number of rotatable bonds is 6. The van der Waals surface area contributed by atoms with Gasteiger partial charge in [0.1, 0.15) is 18.2 Å². The van der Waals surface area contributed by atoms with Crippen molar-refractivity contribution < 1.29 is 36.7 Å². The van der Waals surface area contributed by atoms with E-state index >= 15 is 0 Å². The second kappa shape index (κ2) is 10.5. The molecule has 1 heterocycles. The first-order chi connectivity index (χ1) is 16.4. The first-order valence-electron chi connectivity index (χ1n) is 9.67. The van der Waals surface area contributed by atoms with Gasteiger partial charge < -0.3 is 15.3 Å². The lowest BCUT2D eigenvalue weighted by atomic mass is 10.1. The van der Waals surface area contributed by atoms with Crippen LogP contribution in [0.3, 0.4) is 0 Å². The molecular formula is C21H16Cl2F4N4O4. The Bertz CT molecular complexity index is 1250. The van der Waals surface area contributed by atoms with Crippen LogP contribution in [-0.2, 0) is 16.7 Å². The van der Waals surface area contributed by atoms with Crippen LogP contribution in [0.1, 0.15) is 10.4 Å². The number of aryl methyl sites for hydroxylation is 1. The number of hydrogen-bond donors (Lipinski definition) is 1. The van der Waals surface area contributed by atoms with Crippen LogP contribution in [0.2, 0.25) is 10.0 Å². The fraction of sp³-hybridized carbons (Fsp3) is 0.190. The molecule has 1 aromatic heterocycles. The molecule has 2 aromatic carbocycles. The minimum Gasteiger partial charge on any atom is -0.492 e. The van der Waals surface area contributed by atoms with Crippen LogP contribution in [0.25, 0.3) is 11.3 Å². The van der Waals surface area contributed by atoms with Gasteiger partial charge in [-0.15, -0.1) is 5.06 Å². The van der Waals surface area contributed by atoms with E-state index in [9.17, 15) is 27.2 Å². The lowest BCUT2D eigenvalue weighted by Gasteiger charge is -2.23. The molecule has 0 aliphatic rings. The number of nitrogens with zero attached hydrogens (tertiary/aromatic N) is 3. The number of benzene rings is 2. The topological polar surface area (TPSA) is 99.7 Å². The van der Waals surface area contributed by atoms with E-state index in [0.717, 1.165) is 18.2 Å². The molecule has 0 spiro atoms. The molecule has 14 heteroatoms. The first kappa shape index (κ1) is 26.3. The van der Waals surface area contributed by atoms with E-state index in [1.54, 1.807) is 7.05 Å². The Morgan fingerprint density at radius 2 is 1.86 bits per heavy atom. The molecule has 1 amide bonds. The Morgan fingerprint density at radius 1 is 1.14 bits per heavy atom. The van der Waals surface area contributed by atoms with Gasteiger partial charge in [-0.2, -0.15) is 18.3 Å². The molecule has 0 unspecified atom stereocenters. The third-order valence-corrected chi connectivity index (χ3v) is 5.06. The van der Waals surface area contributed by atoms with Crippen LogP contribution in [-0.4, -0.2) is 41.0 Å². The van der Waals surface area contributed by atoms with E-state index in [1.165, 1.54) is 23.0 Å². The lowest BCUT2D eigenvalue weighted by molar-refractivity contribution is -0.199. The molecule has 3 aromatic rings. The third kappa shape index (κ3) is 5.84. The third-order valence-electron chi connectivity index (χ3n) is 4.48. The van der Waals surface area contributed by atoms with Gasteiger partial charge in [-0.3, -0.25) is 9.48 Å². The molecule has 0 atom stereocenters. The summed E-state index contributed by atoms with van der Waals surface area (Å²) in [5.41, 5.74) is 5.20. The van der Waals surface area contributed by atoms with Crippen molar-refractivity contribution in [2.75, 3.05) is 18.2 Å². The number of carbonyl (C=O) groups is 2. The summed E-state index contributed by atoms with van der Waals surface area (Å²) in [6.07, 6.45) is -4.11. The maximum Gasteiger partial charge on any atom is 0.493 e. The maximum absolute atomic E-state index is 13.9. The molecule has 0 bridgehead atoms. The van der Waals surface area contributed by atoms with Gasteiger partial charge in [0.05, 0.1) is 27.6 Å². The number of amides is 1. The number of aromatic nitrogens is 2. The molecule has 2 N–H and O–H groups in total. The van der Waals surface area contributed by atoms with Crippen molar-refractivity contribution in [3.63, 3.8) is 0 Å². The highest BCUT2D eigenvalue weighted by molar-refractivity contribution is 6.33. The normalized spacial score (nSPS) is 11.3. The summed E-state index contributed by atoms with van der Waals surface area (Å²) in [6, 6.07) is 6.44. The zero-order valence-electron chi connectivity index (χ0n) is 17.8. The molecule has 0 fully saturated rings. The standard InChI is InChI=1S/C21H16Cl2F4N4O4/c1-30-18(15(23)10-29-30)13-9-12(3-5-17(13)34-7-6-28)31(35-20(33)21(25,26)27)19(32)11-2-4-14(22)16(24)8-11/h2-5,8-10H,6-7,28H2,1H3. The fourth-order valence-electron chi connectivity index (χ4n) is 2.93. The monoisotopic (exact) mass is 534 g/mol. The summed E-state index contributed by atoms with van der Waals surface area (Å²) in [7, 11) is 1.55. The second-order valence-corrected chi connectivity index (χ2v) is 7.70. The van der Waals surface area contributed by atoms with E-state index in [0.29, 0.717) is 6.07 Å². The Balaban J connectivity index is 2.16. The molecular weight excluding hydrogens is 519 g/mol. The number of anilines is 1. The predicted octanol–water partition coefficient (Wildman–Crippen LogP) is 4.54. The van der Waals surface area contributed by atoms with Gasteiger partial charge in [-0.05, 0) is 36.4 Å². The number of nitrogens with two attached hydrogens (primary N) is 1. The Kier molecular flexibility index (Phi) is 7.88. The molecule has 0 saturated heterocycles. The molecule has 0 saturated carbocycles. The average molecular weight is 535 g/mol. The van der Waals surface area contributed by atoms with Crippen LogP contribution in [0.4, 0.5) is 23.2 Å². The Labute approximate surface area is 205 Å². The van der Waals surface area contributed by atoms with Crippen molar-refractivity contribution in [1.82, 2.24) is 9.78 Å². The van der Waals surface area contributed by atoms with Crippen LogP contribution in [0, 0.1) is 5.82 Å². The van der Waals surface area contributed by atoms with E-state index < -0.39 is 29.4 Å². The van der Waals surface area contributed by atoms with Crippen LogP contribution in [0.15, 0.2) is 42.6 Å². The fourth-order valence-corrected chi connectivity index (χ4v) is 3.32. The predicted molar refractivity (Wildman–Crippen MR) is 119 cm³/mol. The first-order valence-corrected chi connectivity index (χ1v) is 10.4. The van der Waals surface area contributed by atoms with Crippen molar-refractivity contribution in [2.24, 2.45) is 12.8 Å². The van der Waals surface area contributed by atoms with Gasteiger partial charge >= 0.3 is 12.1 Å². The van der Waals surface area contributed by atoms with Crippen molar-refractivity contribution in [1.29, 1.82) is 0 Å². The summed E-state index contributed by atoms with van der Waals surface area (Å²) in [6.45, 7) is 0.230. The van der Waals surface area contributed by atoms with Gasteiger partial charge in [0, 0.05) is 24.7 Å². The minimum atomic E-state index is -5.43. The van der Waals surface area contributed by atoms with Crippen molar-refractivity contribution in [3.05, 3.63) is 64.0 Å². The number of halogens is 6. The number of hydrogen-bond acceptors (Lipinski definition) is 6. The minimum absolute atomic E-state index is 0.0809. The van der Waals surface area contributed by atoms with Crippen molar-refractivity contribution in [2.45, 2.75) is 6.18 Å². The molecule has 0 aliphatic carbocycles. The van der Waals surface area contributed by atoms with Crippen LogP contribution < -0.4 is 15.5 Å². The number of alkyl halides is 3. The molecule has 35 heavy (non-hydrogen) atoms. The number of ether oxygens (including phenoxy) is 1. The number of hydroxylamine groups is 1. The molecule has 3 rings (SSSR count). The molecule has 8 nitrogen and oxygen atoms in total. The zero-order valence-corrected chi connectivity index (χ0v) is 19.3. The Morgan fingerprint density at radius 3 is 2.43 bits per heavy atom. The van der Waals surface area contributed by atoms with E-state index in [2.05, 4.69) is 9.94 Å². The number of carbonyl (C=O) groups excluding carboxylic acids is 2. The van der Waals surface area contributed by atoms with E-state index in [1.807, 2.05) is 0 Å². The van der Waals surface area contributed by atoms with Gasteiger partial charge in [0.2, 0.25) is 0 Å². The van der Waals surface area contributed by atoms with E-state index in [-0.39, 0.29) is 51.0 Å². The smallest absolute Gasteiger partial charge is 0.492 e. The van der Waals surface area contributed by atoms with Gasteiger partial charge in [0.15, 0.2) is 0 Å². The zero-order chi connectivity index (χ0) is 25.9. The molecule has 0 aliphatic heterocycles. The van der Waals surface area contributed by atoms with Crippen LogP contribution >= 0.6 is 23.2 Å². The van der Waals surface area contributed by atoms with E-state index in [4.69, 9.17) is 33.7 Å². The summed E-state index contributed by atoms with van der Waals surface area (Å²) in [5, 5.41) is 3.92. The van der Waals surface area contributed by atoms with Gasteiger partial charge in [-0.25, -0.2) is 9.18 Å². The van der Waals surface area contributed by atoms with Crippen molar-refractivity contribution >= 4 is 40.8 Å². The largest absolute Gasteiger partial charge is 0.493 e. The highest BCUT2D eigenvalue weighted by Gasteiger charge is 2.44. The lowest BCUT2D eigenvalue weighted by Crippen LogP contribution is -2.38. The Hall–Kier alpha value is -3.35. The van der Waals surface area contributed by atoms with Crippen molar-refractivity contribution in [3.8, 4) is 17.0 Å². The highest BCUT2D eigenvalue weighted by atomic mass is 35.5. The van der Waals surface area contributed by atoms with Gasteiger partial charge in [-0.1, -0.05) is 23.2 Å².